The van der Waals surface area contributed by atoms with Gasteiger partial charge in [-0.25, -0.2) is 0 Å². The zero-order chi connectivity index (χ0) is 6.27. The fourth-order valence-electron chi connectivity index (χ4n) is 2.05. The maximum absolute atomic E-state index is 5.91. The molecular weight excluding hydrogens is 132 g/mol. The predicted octanol–water partition coefficient (Wildman–Crippen LogP) is 2.93. The van der Waals surface area contributed by atoms with Gasteiger partial charge >= 0.3 is 0 Å². The molecule has 0 radical (unpaired) electrons. The fraction of sp³-hybridized carbons (Fsp3) is 0.750. The maximum Gasteiger partial charge on any atom is 0.0146 e. The molecule has 0 heterocycles. The Morgan fingerprint density at radius 3 is 3.11 bits per heavy atom. The number of rotatable bonds is 0. The Morgan fingerprint density at radius 2 is 2.33 bits per heavy atom. The molecule has 0 aliphatic heterocycles. The molecule has 1 fully saturated rings. The summed E-state index contributed by atoms with van der Waals surface area (Å²) < 4.78 is 0. The summed E-state index contributed by atoms with van der Waals surface area (Å²) in [5.74, 6) is 1.78. The molecular formula is C8H11Cl. The molecule has 2 atom stereocenters. The normalized spacial score (nSPS) is 40.8. The third-order valence-corrected chi connectivity index (χ3v) is 2.76. The van der Waals surface area contributed by atoms with E-state index in [1.807, 2.05) is 0 Å². The molecule has 2 aliphatic carbocycles. The van der Waals surface area contributed by atoms with E-state index in [2.05, 4.69) is 6.08 Å². The van der Waals surface area contributed by atoms with Crippen LogP contribution in [0.3, 0.4) is 0 Å². The standard InChI is InChI=1S/C8H11Cl/c9-8-4-6-1-2-7(3-6)5-8/h4,6-7H,1-3,5H2. The van der Waals surface area contributed by atoms with Gasteiger partial charge in [0.25, 0.3) is 0 Å². The highest BCUT2D eigenvalue weighted by molar-refractivity contribution is 6.29. The van der Waals surface area contributed by atoms with Crippen LogP contribution >= 0.6 is 11.6 Å². The van der Waals surface area contributed by atoms with E-state index in [1.165, 1.54) is 19.3 Å². The van der Waals surface area contributed by atoms with Crippen molar-refractivity contribution in [2.45, 2.75) is 25.7 Å². The zero-order valence-corrected chi connectivity index (χ0v) is 6.19. The smallest absolute Gasteiger partial charge is 0.0146 e. The van der Waals surface area contributed by atoms with Gasteiger partial charge in [-0.05, 0) is 37.5 Å². The van der Waals surface area contributed by atoms with E-state index >= 15 is 0 Å². The summed E-state index contributed by atoms with van der Waals surface area (Å²) in [4.78, 5) is 0. The van der Waals surface area contributed by atoms with Crippen molar-refractivity contribution in [1.29, 1.82) is 0 Å². The summed E-state index contributed by atoms with van der Waals surface area (Å²) in [5.41, 5.74) is 0. The Morgan fingerprint density at radius 1 is 1.44 bits per heavy atom. The van der Waals surface area contributed by atoms with Gasteiger partial charge in [-0.2, -0.15) is 0 Å². The van der Waals surface area contributed by atoms with Crippen LogP contribution in [0.1, 0.15) is 25.7 Å². The molecule has 2 bridgehead atoms. The first kappa shape index (κ1) is 5.79. The molecule has 0 amide bonds. The third kappa shape index (κ3) is 1.01. The molecule has 0 N–H and O–H groups in total. The van der Waals surface area contributed by atoms with Gasteiger partial charge in [0.05, 0.1) is 0 Å². The molecule has 0 spiro atoms. The van der Waals surface area contributed by atoms with Gasteiger partial charge in [-0.15, -0.1) is 0 Å². The van der Waals surface area contributed by atoms with E-state index in [9.17, 15) is 0 Å². The van der Waals surface area contributed by atoms with Crippen molar-refractivity contribution in [3.8, 4) is 0 Å². The average Bonchev–Trinajstić information content (AvgIpc) is 2.11. The van der Waals surface area contributed by atoms with E-state index in [-0.39, 0.29) is 0 Å². The summed E-state index contributed by atoms with van der Waals surface area (Å²) in [7, 11) is 0. The Bertz CT molecular complexity index is 149. The fourth-order valence-corrected chi connectivity index (χ4v) is 2.45. The van der Waals surface area contributed by atoms with E-state index < -0.39 is 0 Å². The number of halogens is 1. The van der Waals surface area contributed by atoms with Crippen LogP contribution in [0.25, 0.3) is 0 Å². The van der Waals surface area contributed by atoms with Gasteiger partial charge in [-0.1, -0.05) is 17.7 Å². The Kier molecular flexibility index (Phi) is 1.30. The first-order valence-corrected chi connectivity index (χ1v) is 4.08. The monoisotopic (exact) mass is 142 g/mol. The predicted molar refractivity (Wildman–Crippen MR) is 39.4 cm³/mol. The lowest BCUT2D eigenvalue weighted by atomic mass is 9.96. The molecule has 2 unspecified atom stereocenters. The Balaban J connectivity index is 2.19. The van der Waals surface area contributed by atoms with E-state index in [0.29, 0.717) is 0 Å². The summed E-state index contributed by atoms with van der Waals surface area (Å²) in [6.45, 7) is 0. The first-order valence-electron chi connectivity index (χ1n) is 3.71. The topological polar surface area (TPSA) is 0 Å². The van der Waals surface area contributed by atoms with Crippen molar-refractivity contribution in [3.63, 3.8) is 0 Å². The number of fused-ring (bicyclic) bond motifs is 2. The van der Waals surface area contributed by atoms with Crippen molar-refractivity contribution in [2.24, 2.45) is 11.8 Å². The van der Waals surface area contributed by atoms with Crippen molar-refractivity contribution < 1.29 is 0 Å². The minimum Gasteiger partial charge on any atom is -0.0895 e. The lowest BCUT2D eigenvalue weighted by Gasteiger charge is -2.14. The van der Waals surface area contributed by atoms with E-state index in [4.69, 9.17) is 11.6 Å². The van der Waals surface area contributed by atoms with Crippen LogP contribution in [0.4, 0.5) is 0 Å². The second kappa shape index (κ2) is 2.02. The molecule has 0 aromatic heterocycles. The molecule has 1 saturated carbocycles. The third-order valence-electron chi connectivity index (χ3n) is 2.48. The second-order valence-corrected chi connectivity index (χ2v) is 3.74. The first-order chi connectivity index (χ1) is 4.34. The molecule has 2 rings (SSSR count). The summed E-state index contributed by atoms with van der Waals surface area (Å²) in [6.07, 6.45) is 7.64. The van der Waals surface area contributed by atoms with Gasteiger partial charge < -0.3 is 0 Å². The Hall–Kier alpha value is 0.0300. The van der Waals surface area contributed by atoms with Crippen LogP contribution in [-0.4, -0.2) is 0 Å². The summed E-state index contributed by atoms with van der Waals surface area (Å²) in [6, 6.07) is 0. The van der Waals surface area contributed by atoms with Gasteiger partial charge in [0, 0.05) is 5.03 Å². The molecule has 2 aliphatic rings. The molecule has 0 nitrogen and oxygen atoms in total. The number of hydrogen-bond acceptors (Lipinski definition) is 0. The number of hydrogen-bond donors (Lipinski definition) is 0. The van der Waals surface area contributed by atoms with Crippen LogP contribution < -0.4 is 0 Å². The highest BCUT2D eigenvalue weighted by Crippen LogP contribution is 2.41. The molecule has 9 heavy (non-hydrogen) atoms. The summed E-state index contributed by atoms with van der Waals surface area (Å²) in [5, 5.41) is 1.12. The SMILES string of the molecule is ClC1=CC2CCC(C1)C2. The lowest BCUT2D eigenvalue weighted by Crippen LogP contribution is -2.00. The van der Waals surface area contributed by atoms with Crippen molar-refractivity contribution >= 4 is 11.6 Å². The average molecular weight is 143 g/mol. The van der Waals surface area contributed by atoms with E-state index in [0.717, 1.165) is 23.3 Å². The quantitative estimate of drug-likeness (QED) is 0.488. The summed E-state index contributed by atoms with van der Waals surface area (Å²) >= 11 is 5.91. The Labute approximate surface area is 60.9 Å². The largest absolute Gasteiger partial charge is 0.0895 e. The highest BCUT2D eigenvalue weighted by Gasteiger charge is 2.27. The minimum absolute atomic E-state index is 0.844. The molecule has 50 valence electrons. The molecule has 0 aromatic carbocycles. The molecule has 0 aromatic rings. The molecule has 0 saturated heterocycles. The van der Waals surface area contributed by atoms with Gasteiger partial charge in [-0.3, -0.25) is 0 Å². The van der Waals surface area contributed by atoms with Crippen LogP contribution in [0.2, 0.25) is 0 Å². The highest BCUT2D eigenvalue weighted by atomic mass is 35.5. The van der Waals surface area contributed by atoms with Crippen molar-refractivity contribution in [1.82, 2.24) is 0 Å². The van der Waals surface area contributed by atoms with Crippen LogP contribution in [0.15, 0.2) is 11.1 Å². The van der Waals surface area contributed by atoms with Crippen LogP contribution in [0, 0.1) is 11.8 Å². The van der Waals surface area contributed by atoms with Gasteiger partial charge in [0.15, 0.2) is 0 Å². The minimum atomic E-state index is 0.844. The maximum atomic E-state index is 5.91. The second-order valence-electron chi connectivity index (χ2n) is 3.26. The van der Waals surface area contributed by atoms with Gasteiger partial charge in [0.1, 0.15) is 0 Å². The zero-order valence-electron chi connectivity index (χ0n) is 5.44. The van der Waals surface area contributed by atoms with Crippen LogP contribution in [-0.2, 0) is 0 Å². The van der Waals surface area contributed by atoms with Gasteiger partial charge in [0.2, 0.25) is 0 Å². The van der Waals surface area contributed by atoms with Crippen LogP contribution in [0.5, 0.6) is 0 Å². The lowest BCUT2D eigenvalue weighted by molar-refractivity contribution is 0.514. The number of allylic oxidation sites excluding steroid dienone is 2. The van der Waals surface area contributed by atoms with Crippen molar-refractivity contribution in [3.05, 3.63) is 11.1 Å². The van der Waals surface area contributed by atoms with Crippen molar-refractivity contribution in [2.75, 3.05) is 0 Å². The van der Waals surface area contributed by atoms with E-state index in [1.54, 1.807) is 0 Å². The molecule has 1 heteroatoms.